The van der Waals surface area contributed by atoms with Gasteiger partial charge in [-0.2, -0.15) is 0 Å². The van der Waals surface area contributed by atoms with E-state index >= 15 is 0 Å². The van der Waals surface area contributed by atoms with Crippen LogP contribution < -0.4 is 0 Å². The first-order valence-electron chi connectivity index (χ1n) is 6.31. The molecule has 3 nitrogen and oxygen atoms in total. The Morgan fingerprint density at radius 1 is 0.900 bits per heavy atom. The Balaban J connectivity index is 2.01. The molecule has 0 aliphatic heterocycles. The summed E-state index contributed by atoms with van der Waals surface area (Å²) in [6, 6.07) is 19.7. The van der Waals surface area contributed by atoms with Gasteiger partial charge in [0.1, 0.15) is 0 Å². The quantitative estimate of drug-likeness (QED) is 0.780. The number of carboxylic acid groups (broad SMARTS) is 1. The maximum absolute atomic E-state index is 10.9. The van der Waals surface area contributed by atoms with Crippen LogP contribution in [0.5, 0.6) is 0 Å². The Morgan fingerprint density at radius 2 is 1.65 bits per heavy atom. The highest BCUT2D eigenvalue weighted by molar-refractivity contribution is 5.87. The maximum Gasteiger partial charge on any atom is 0.337 e. The van der Waals surface area contributed by atoms with Gasteiger partial charge in [-0.1, -0.05) is 42.5 Å². The third-order valence-corrected chi connectivity index (χ3v) is 3.19. The standard InChI is InChI=1S/C17H13NO2/c19-17(20)15-9-10-18(12-15)16-8-4-7-14(11-16)13-5-2-1-3-6-13/h1-12H,(H,19,20). The lowest BCUT2D eigenvalue weighted by molar-refractivity contribution is 0.0697. The Kier molecular flexibility index (Phi) is 3.09. The highest BCUT2D eigenvalue weighted by Gasteiger charge is 2.06. The maximum atomic E-state index is 10.9. The molecule has 1 aromatic heterocycles. The molecule has 0 unspecified atom stereocenters. The molecule has 0 fully saturated rings. The number of nitrogens with zero attached hydrogens (tertiary/aromatic N) is 1. The van der Waals surface area contributed by atoms with Gasteiger partial charge in [-0.3, -0.25) is 0 Å². The number of rotatable bonds is 3. The molecule has 0 amide bonds. The molecular formula is C17H13NO2. The summed E-state index contributed by atoms with van der Waals surface area (Å²) in [6.45, 7) is 0. The van der Waals surface area contributed by atoms with Gasteiger partial charge in [0.25, 0.3) is 0 Å². The number of hydrogen-bond acceptors (Lipinski definition) is 1. The predicted octanol–water partition coefficient (Wildman–Crippen LogP) is 3.84. The first-order chi connectivity index (χ1) is 9.74. The SMILES string of the molecule is O=C(O)c1ccn(-c2cccc(-c3ccccc3)c2)c1. The van der Waals surface area contributed by atoms with Crippen molar-refractivity contribution in [2.24, 2.45) is 0 Å². The normalized spacial score (nSPS) is 10.4. The van der Waals surface area contributed by atoms with Crippen molar-refractivity contribution >= 4 is 5.97 Å². The summed E-state index contributed by atoms with van der Waals surface area (Å²) >= 11 is 0. The Hall–Kier alpha value is -2.81. The molecule has 1 heterocycles. The van der Waals surface area contributed by atoms with Gasteiger partial charge >= 0.3 is 5.97 Å². The van der Waals surface area contributed by atoms with Crippen LogP contribution in [0.25, 0.3) is 16.8 Å². The fraction of sp³-hybridized carbons (Fsp3) is 0. The smallest absolute Gasteiger partial charge is 0.337 e. The summed E-state index contributed by atoms with van der Waals surface area (Å²) in [4.78, 5) is 10.9. The van der Waals surface area contributed by atoms with E-state index in [1.54, 1.807) is 18.5 Å². The van der Waals surface area contributed by atoms with Crippen LogP contribution in [0, 0.1) is 0 Å². The third kappa shape index (κ3) is 2.34. The van der Waals surface area contributed by atoms with Crippen LogP contribution in [0.1, 0.15) is 10.4 Å². The zero-order valence-electron chi connectivity index (χ0n) is 10.7. The molecule has 3 rings (SSSR count). The molecule has 0 spiro atoms. The molecule has 0 saturated carbocycles. The molecule has 0 saturated heterocycles. The topological polar surface area (TPSA) is 42.2 Å². The summed E-state index contributed by atoms with van der Waals surface area (Å²) in [5.74, 6) is -0.914. The van der Waals surface area contributed by atoms with Crippen molar-refractivity contribution in [3.63, 3.8) is 0 Å². The van der Waals surface area contributed by atoms with Gasteiger partial charge in [0.05, 0.1) is 5.56 Å². The van der Waals surface area contributed by atoms with E-state index in [-0.39, 0.29) is 5.56 Å². The first kappa shape index (κ1) is 12.2. The summed E-state index contributed by atoms with van der Waals surface area (Å²) in [5.41, 5.74) is 3.47. The Morgan fingerprint density at radius 3 is 2.35 bits per heavy atom. The number of aromatic carboxylic acids is 1. The van der Waals surface area contributed by atoms with E-state index in [1.807, 2.05) is 47.0 Å². The van der Waals surface area contributed by atoms with Crippen molar-refractivity contribution in [2.75, 3.05) is 0 Å². The number of aromatic nitrogens is 1. The van der Waals surface area contributed by atoms with Crippen molar-refractivity contribution in [2.45, 2.75) is 0 Å². The fourth-order valence-corrected chi connectivity index (χ4v) is 2.16. The highest BCUT2D eigenvalue weighted by Crippen LogP contribution is 2.22. The minimum absolute atomic E-state index is 0.287. The number of benzene rings is 2. The molecule has 0 bridgehead atoms. The van der Waals surface area contributed by atoms with E-state index in [0.717, 1.165) is 16.8 Å². The molecule has 1 N–H and O–H groups in total. The van der Waals surface area contributed by atoms with Crippen LogP contribution >= 0.6 is 0 Å². The minimum atomic E-state index is -0.914. The van der Waals surface area contributed by atoms with Crippen molar-refractivity contribution in [3.05, 3.63) is 78.6 Å². The largest absolute Gasteiger partial charge is 0.478 e. The lowest BCUT2D eigenvalue weighted by Gasteiger charge is -2.06. The zero-order valence-corrected chi connectivity index (χ0v) is 10.7. The van der Waals surface area contributed by atoms with Gasteiger partial charge in [-0.25, -0.2) is 4.79 Å². The highest BCUT2D eigenvalue weighted by atomic mass is 16.4. The summed E-state index contributed by atoms with van der Waals surface area (Å²) in [7, 11) is 0. The van der Waals surface area contributed by atoms with Crippen molar-refractivity contribution < 1.29 is 9.90 Å². The van der Waals surface area contributed by atoms with Crippen LogP contribution in [0.3, 0.4) is 0 Å². The average molecular weight is 263 g/mol. The average Bonchev–Trinajstić information content (AvgIpc) is 2.98. The lowest BCUT2D eigenvalue weighted by Crippen LogP contribution is -1.94. The fourth-order valence-electron chi connectivity index (χ4n) is 2.16. The van der Waals surface area contributed by atoms with Crippen molar-refractivity contribution in [1.82, 2.24) is 4.57 Å². The van der Waals surface area contributed by atoms with Gasteiger partial charge in [0.15, 0.2) is 0 Å². The molecular weight excluding hydrogens is 250 g/mol. The van der Waals surface area contributed by atoms with E-state index in [1.165, 1.54) is 0 Å². The van der Waals surface area contributed by atoms with Gasteiger partial charge in [-0.05, 0) is 29.3 Å². The second-order valence-electron chi connectivity index (χ2n) is 4.53. The molecule has 0 aliphatic rings. The molecule has 0 aliphatic carbocycles. The minimum Gasteiger partial charge on any atom is -0.478 e. The van der Waals surface area contributed by atoms with E-state index in [9.17, 15) is 4.79 Å². The van der Waals surface area contributed by atoms with Crippen LogP contribution in [0.15, 0.2) is 73.1 Å². The van der Waals surface area contributed by atoms with E-state index in [2.05, 4.69) is 12.1 Å². The van der Waals surface area contributed by atoms with Gasteiger partial charge in [-0.15, -0.1) is 0 Å². The van der Waals surface area contributed by atoms with Crippen LogP contribution in [0.2, 0.25) is 0 Å². The molecule has 0 radical (unpaired) electrons. The number of carboxylic acids is 1. The summed E-state index contributed by atoms with van der Waals surface area (Å²) in [5, 5.41) is 8.96. The molecule has 0 atom stereocenters. The number of hydrogen-bond donors (Lipinski definition) is 1. The van der Waals surface area contributed by atoms with Gasteiger partial charge in [0.2, 0.25) is 0 Å². The molecule has 98 valence electrons. The zero-order chi connectivity index (χ0) is 13.9. The third-order valence-electron chi connectivity index (χ3n) is 3.19. The Bertz CT molecular complexity index is 744. The van der Waals surface area contributed by atoms with E-state index in [4.69, 9.17) is 5.11 Å². The monoisotopic (exact) mass is 263 g/mol. The summed E-state index contributed by atoms with van der Waals surface area (Å²) < 4.78 is 1.82. The summed E-state index contributed by atoms with van der Waals surface area (Å²) in [6.07, 6.45) is 3.38. The molecule has 20 heavy (non-hydrogen) atoms. The second kappa shape index (κ2) is 5.05. The van der Waals surface area contributed by atoms with Crippen molar-refractivity contribution in [1.29, 1.82) is 0 Å². The Labute approximate surface area is 116 Å². The van der Waals surface area contributed by atoms with Crippen LogP contribution in [0.4, 0.5) is 0 Å². The van der Waals surface area contributed by atoms with E-state index in [0.29, 0.717) is 0 Å². The lowest BCUT2D eigenvalue weighted by atomic mass is 10.1. The van der Waals surface area contributed by atoms with Crippen LogP contribution in [-0.2, 0) is 0 Å². The number of carbonyl (C=O) groups is 1. The molecule has 3 heteroatoms. The second-order valence-corrected chi connectivity index (χ2v) is 4.53. The van der Waals surface area contributed by atoms with Crippen LogP contribution in [-0.4, -0.2) is 15.6 Å². The molecule has 3 aromatic rings. The predicted molar refractivity (Wildman–Crippen MR) is 78.2 cm³/mol. The van der Waals surface area contributed by atoms with Gasteiger partial charge in [0, 0.05) is 18.1 Å². The van der Waals surface area contributed by atoms with E-state index < -0.39 is 5.97 Å². The first-order valence-corrected chi connectivity index (χ1v) is 6.31. The van der Waals surface area contributed by atoms with Gasteiger partial charge < -0.3 is 9.67 Å². The van der Waals surface area contributed by atoms with Crippen molar-refractivity contribution in [3.8, 4) is 16.8 Å². The molecule has 2 aromatic carbocycles.